The highest BCUT2D eigenvalue weighted by Crippen LogP contribution is 2.26. The van der Waals surface area contributed by atoms with Crippen LogP contribution in [-0.2, 0) is 11.3 Å². The summed E-state index contributed by atoms with van der Waals surface area (Å²) in [5.74, 6) is 0.459. The van der Waals surface area contributed by atoms with Crippen molar-refractivity contribution in [3.8, 4) is 5.75 Å². The van der Waals surface area contributed by atoms with Crippen molar-refractivity contribution in [3.05, 3.63) is 54.1 Å². The molecule has 2 aromatic rings. The number of hydrogen-bond acceptors (Lipinski definition) is 4. The number of anilines is 2. The number of benzene rings is 2. The summed E-state index contributed by atoms with van der Waals surface area (Å²) in [5, 5.41) is 2.84. The van der Waals surface area contributed by atoms with Gasteiger partial charge in [-0.3, -0.25) is 9.69 Å². The van der Waals surface area contributed by atoms with Gasteiger partial charge in [-0.2, -0.15) is 0 Å². The fraction of sp³-hybridized carbons (Fsp3) is 0.235. The number of nitrogens with one attached hydrogen (secondary N) is 1. The number of nitrogens with two attached hydrogens (primary N) is 1. The molecule has 0 fully saturated rings. The first kappa shape index (κ1) is 15.9. The van der Waals surface area contributed by atoms with Crippen molar-refractivity contribution in [2.45, 2.75) is 6.54 Å². The monoisotopic (exact) mass is 299 g/mol. The third-order valence-corrected chi connectivity index (χ3v) is 3.21. The summed E-state index contributed by atoms with van der Waals surface area (Å²) in [4.78, 5) is 14.1. The molecule has 0 aliphatic rings. The van der Waals surface area contributed by atoms with Crippen molar-refractivity contribution in [3.63, 3.8) is 0 Å². The van der Waals surface area contributed by atoms with E-state index in [0.29, 0.717) is 30.2 Å². The zero-order valence-corrected chi connectivity index (χ0v) is 12.9. The van der Waals surface area contributed by atoms with E-state index in [4.69, 9.17) is 10.5 Å². The highest BCUT2D eigenvalue weighted by Gasteiger charge is 2.10. The van der Waals surface area contributed by atoms with Gasteiger partial charge in [0.25, 0.3) is 0 Å². The zero-order chi connectivity index (χ0) is 15.9. The average molecular weight is 299 g/mol. The number of likely N-dealkylation sites (N-methyl/N-ethyl adjacent to an activating group) is 1. The second-order valence-electron chi connectivity index (χ2n) is 5.17. The average Bonchev–Trinajstić information content (AvgIpc) is 2.49. The molecule has 0 aromatic heterocycles. The van der Waals surface area contributed by atoms with Gasteiger partial charge in [-0.25, -0.2) is 0 Å². The summed E-state index contributed by atoms with van der Waals surface area (Å²) in [5.41, 5.74) is 8.08. The molecule has 0 saturated carbocycles. The normalized spacial score (nSPS) is 10.5. The Morgan fingerprint density at radius 3 is 2.64 bits per heavy atom. The van der Waals surface area contributed by atoms with Gasteiger partial charge in [0.15, 0.2) is 0 Å². The predicted molar refractivity (Wildman–Crippen MR) is 88.8 cm³/mol. The van der Waals surface area contributed by atoms with E-state index in [9.17, 15) is 4.79 Å². The molecule has 2 rings (SSSR count). The second kappa shape index (κ2) is 7.47. The molecule has 3 N–H and O–H groups in total. The number of rotatable bonds is 6. The minimum atomic E-state index is -0.0958. The molecule has 116 valence electrons. The molecule has 0 bridgehead atoms. The Balaban J connectivity index is 1.92. The molecule has 0 radical (unpaired) electrons. The smallest absolute Gasteiger partial charge is 0.238 e. The van der Waals surface area contributed by atoms with Gasteiger partial charge in [-0.1, -0.05) is 30.3 Å². The van der Waals surface area contributed by atoms with Crippen LogP contribution in [0.1, 0.15) is 5.56 Å². The van der Waals surface area contributed by atoms with Crippen molar-refractivity contribution in [1.29, 1.82) is 0 Å². The van der Waals surface area contributed by atoms with Crippen molar-refractivity contribution < 1.29 is 9.53 Å². The van der Waals surface area contributed by atoms with Crippen molar-refractivity contribution >= 4 is 17.3 Å². The van der Waals surface area contributed by atoms with Gasteiger partial charge in [0.1, 0.15) is 5.75 Å². The van der Waals surface area contributed by atoms with Crippen LogP contribution in [0.15, 0.2) is 48.5 Å². The summed E-state index contributed by atoms with van der Waals surface area (Å²) >= 11 is 0. The minimum Gasteiger partial charge on any atom is -0.494 e. The van der Waals surface area contributed by atoms with E-state index in [0.717, 1.165) is 0 Å². The van der Waals surface area contributed by atoms with Crippen LogP contribution in [0.4, 0.5) is 11.4 Å². The van der Waals surface area contributed by atoms with E-state index in [1.165, 1.54) is 5.56 Å². The molecule has 5 heteroatoms. The van der Waals surface area contributed by atoms with Crippen LogP contribution in [0.5, 0.6) is 5.75 Å². The molecule has 2 aromatic carbocycles. The molecule has 22 heavy (non-hydrogen) atoms. The Morgan fingerprint density at radius 1 is 1.23 bits per heavy atom. The van der Waals surface area contributed by atoms with Gasteiger partial charge in [0.2, 0.25) is 5.91 Å². The number of nitrogens with zero attached hydrogens (tertiary/aromatic N) is 1. The molecule has 0 aliphatic heterocycles. The van der Waals surface area contributed by atoms with Crippen molar-refractivity contribution in [1.82, 2.24) is 4.90 Å². The van der Waals surface area contributed by atoms with Crippen LogP contribution in [0.25, 0.3) is 0 Å². The van der Waals surface area contributed by atoms with Crippen LogP contribution in [0.3, 0.4) is 0 Å². The lowest BCUT2D eigenvalue weighted by atomic mass is 10.2. The molecule has 0 spiro atoms. The maximum absolute atomic E-state index is 12.1. The quantitative estimate of drug-likeness (QED) is 0.804. The number of carbonyl (C=O) groups is 1. The number of amides is 1. The van der Waals surface area contributed by atoms with Gasteiger partial charge in [0, 0.05) is 18.3 Å². The van der Waals surface area contributed by atoms with Gasteiger partial charge >= 0.3 is 0 Å². The second-order valence-corrected chi connectivity index (χ2v) is 5.17. The highest BCUT2D eigenvalue weighted by atomic mass is 16.5. The number of nitrogen functional groups attached to an aromatic ring is 1. The van der Waals surface area contributed by atoms with Crippen molar-refractivity contribution in [2.24, 2.45) is 0 Å². The Bertz CT molecular complexity index is 629. The largest absolute Gasteiger partial charge is 0.494 e. The standard InChI is InChI=1S/C17H21N3O2/c1-20(11-13-6-4-3-5-7-13)12-17(21)19-15-9-8-14(18)10-16(15)22-2/h3-10H,11-12,18H2,1-2H3,(H,19,21). The maximum atomic E-state index is 12.1. The highest BCUT2D eigenvalue weighted by molar-refractivity contribution is 5.94. The Hall–Kier alpha value is -2.53. The van der Waals surface area contributed by atoms with Gasteiger partial charge in [-0.05, 0) is 24.7 Å². The lowest BCUT2D eigenvalue weighted by Gasteiger charge is -2.17. The Morgan fingerprint density at radius 2 is 1.95 bits per heavy atom. The first-order chi connectivity index (χ1) is 10.6. The molecule has 1 amide bonds. The van der Waals surface area contributed by atoms with E-state index < -0.39 is 0 Å². The van der Waals surface area contributed by atoms with Crippen LogP contribution in [0.2, 0.25) is 0 Å². The van der Waals surface area contributed by atoms with Crippen LogP contribution < -0.4 is 15.8 Å². The Kier molecular flexibility index (Phi) is 5.38. The summed E-state index contributed by atoms with van der Waals surface area (Å²) in [7, 11) is 3.46. The third-order valence-electron chi connectivity index (χ3n) is 3.21. The molecule has 0 heterocycles. The third kappa shape index (κ3) is 4.49. The summed E-state index contributed by atoms with van der Waals surface area (Å²) < 4.78 is 5.22. The fourth-order valence-corrected chi connectivity index (χ4v) is 2.20. The molecule has 0 saturated heterocycles. The van der Waals surface area contributed by atoms with E-state index in [2.05, 4.69) is 5.32 Å². The first-order valence-electron chi connectivity index (χ1n) is 7.04. The van der Waals surface area contributed by atoms with Crippen LogP contribution >= 0.6 is 0 Å². The predicted octanol–water partition coefficient (Wildman–Crippen LogP) is 2.35. The number of ether oxygens (including phenoxy) is 1. The zero-order valence-electron chi connectivity index (χ0n) is 12.9. The molecule has 0 atom stereocenters. The lowest BCUT2D eigenvalue weighted by molar-refractivity contribution is -0.117. The SMILES string of the molecule is COc1cc(N)ccc1NC(=O)CN(C)Cc1ccccc1. The molecule has 0 unspecified atom stereocenters. The minimum absolute atomic E-state index is 0.0958. The molecular weight excluding hydrogens is 278 g/mol. The van der Waals surface area contributed by atoms with E-state index in [1.807, 2.05) is 42.3 Å². The van der Waals surface area contributed by atoms with Gasteiger partial charge in [0.05, 0.1) is 19.3 Å². The summed E-state index contributed by atoms with van der Waals surface area (Å²) in [6.07, 6.45) is 0. The molecular formula is C17H21N3O2. The van der Waals surface area contributed by atoms with E-state index in [-0.39, 0.29) is 5.91 Å². The number of carbonyl (C=O) groups excluding carboxylic acids is 1. The fourth-order valence-electron chi connectivity index (χ4n) is 2.20. The van der Waals surface area contributed by atoms with E-state index >= 15 is 0 Å². The van der Waals surface area contributed by atoms with Crippen LogP contribution in [0, 0.1) is 0 Å². The first-order valence-corrected chi connectivity index (χ1v) is 7.04. The van der Waals surface area contributed by atoms with E-state index in [1.54, 1.807) is 25.3 Å². The maximum Gasteiger partial charge on any atom is 0.238 e. The van der Waals surface area contributed by atoms with Gasteiger partial charge in [-0.15, -0.1) is 0 Å². The molecule has 5 nitrogen and oxygen atoms in total. The van der Waals surface area contributed by atoms with Crippen LogP contribution in [-0.4, -0.2) is 31.5 Å². The molecule has 0 aliphatic carbocycles. The Labute approximate surface area is 130 Å². The van der Waals surface area contributed by atoms with Crippen molar-refractivity contribution in [2.75, 3.05) is 31.8 Å². The number of methoxy groups -OCH3 is 1. The lowest BCUT2D eigenvalue weighted by Crippen LogP contribution is -2.29. The summed E-state index contributed by atoms with van der Waals surface area (Å²) in [6, 6.07) is 15.2. The topological polar surface area (TPSA) is 67.6 Å². The van der Waals surface area contributed by atoms with Gasteiger partial charge < -0.3 is 15.8 Å². The number of hydrogen-bond donors (Lipinski definition) is 2. The summed E-state index contributed by atoms with van der Waals surface area (Å²) in [6.45, 7) is 1.01.